The highest BCUT2D eigenvalue weighted by Gasteiger charge is 2.32. The molecule has 1 fully saturated rings. The van der Waals surface area contributed by atoms with Crippen LogP contribution in [-0.4, -0.2) is 67.4 Å². The quantitative estimate of drug-likeness (QED) is 0.413. The summed E-state index contributed by atoms with van der Waals surface area (Å²) in [5, 5.41) is 0.594. The van der Waals surface area contributed by atoms with Crippen LogP contribution in [0.3, 0.4) is 0 Å². The van der Waals surface area contributed by atoms with E-state index in [1.165, 1.54) is 4.90 Å². The minimum absolute atomic E-state index is 0.148. The molecule has 1 saturated heterocycles. The van der Waals surface area contributed by atoms with Gasteiger partial charge in [0.15, 0.2) is 6.61 Å². The van der Waals surface area contributed by atoms with Crippen molar-refractivity contribution in [2.45, 2.75) is 18.9 Å². The summed E-state index contributed by atoms with van der Waals surface area (Å²) in [6.45, 7) is 2.32. The third-order valence-corrected chi connectivity index (χ3v) is 8.25. The predicted molar refractivity (Wildman–Crippen MR) is 156 cm³/mol. The topological polar surface area (TPSA) is 96.2 Å². The first-order valence-electron chi connectivity index (χ1n) is 13.1. The maximum atomic E-state index is 13.7. The summed E-state index contributed by atoms with van der Waals surface area (Å²) in [7, 11) is 1.78. The zero-order chi connectivity index (χ0) is 28.4. The Hall–Kier alpha value is -3.59. The molecule has 0 saturated carbocycles. The van der Waals surface area contributed by atoms with Crippen LogP contribution in [0.25, 0.3) is 11.1 Å². The maximum absolute atomic E-state index is 13.7. The second-order valence-electron chi connectivity index (χ2n) is 10.1. The normalized spacial score (nSPS) is 15.9. The number of carbonyl (C=O) groups is 3. The van der Waals surface area contributed by atoms with E-state index in [9.17, 15) is 14.4 Å². The first kappa shape index (κ1) is 28.0. The van der Waals surface area contributed by atoms with E-state index >= 15 is 0 Å². The van der Waals surface area contributed by atoms with Crippen molar-refractivity contribution >= 4 is 46.6 Å². The average Bonchev–Trinajstić information content (AvgIpc) is 3.47. The lowest BCUT2D eigenvalue weighted by Gasteiger charge is -2.35. The van der Waals surface area contributed by atoms with Gasteiger partial charge in [0, 0.05) is 25.2 Å². The second-order valence-corrected chi connectivity index (χ2v) is 10.9. The summed E-state index contributed by atoms with van der Waals surface area (Å²) < 4.78 is 5.53. The van der Waals surface area contributed by atoms with Crippen molar-refractivity contribution in [3.8, 4) is 16.9 Å². The van der Waals surface area contributed by atoms with Gasteiger partial charge in [0.1, 0.15) is 12.3 Å². The lowest BCUT2D eigenvalue weighted by Crippen LogP contribution is -2.47. The second kappa shape index (κ2) is 11.9. The molecular weight excluding hydrogens is 551 g/mol. The third-order valence-electron chi connectivity index (χ3n) is 7.53. The zero-order valence-corrected chi connectivity index (χ0v) is 23.6. The number of hydrogen-bond acceptors (Lipinski definition) is 5. The molecule has 0 unspecified atom stereocenters. The van der Waals surface area contributed by atoms with Crippen LogP contribution in [0.4, 0.5) is 5.69 Å². The average molecular weight is 582 g/mol. The van der Waals surface area contributed by atoms with Gasteiger partial charge in [0.25, 0.3) is 5.91 Å². The van der Waals surface area contributed by atoms with Crippen molar-refractivity contribution in [3.05, 3.63) is 81.8 Å². The molecule has 0 spiro atoms. The van der Waals surface area contributed by atoms with Crippen LogP contribution in [-0.2, 0) is 9.59 Å². The number of hydrogen-bond donors (Lipinski definition) is 1. The van der Waals surface area contributed by atoms with Crippen molar-refractivity contribution in [3.63, 3.8) is 0 Å². The smallest absolute Gasteiger partial charge is 0.265 e. The van der Waals surface area contributed by atoms with Crippen LogP contribution in [0.2, 0.25) is 10.0 Å². The van der Waals surface area contributed by atoms with Crippen LogP contribution in [0.5, 0.6) is 5.75 Å². The van der Waals surface area contributed by atoms with Crippen LogP contribution < -0.4 is 15.4 Å². The van der Waals surface area contributed by atoms with Gasteiger partial charge in [-0.1, -0.05) is 59.6 Å². The summed E-state index contributed by atoms with van der Waals surface area (Å²) >= 11 is 12.3. The number of nitrogens with two attached hydrogens (primary N) is 1. The van der Waals surface area contributed by atoms with Gasteiger partial charge in [-0.2, -0.15) is 0 Å². The molecule has 40 heavy (non-hydrogen) atoms. The molecule has 10 heteroatoms. The Bertz CT molecular complexity index is 1420. The van der Waals surface area contributed by atoms with E-state index in [1.54, 1.807) is 36.2 Å². The van der Waals surface area contributed by atoms with Crippen LogP contribution in [0.1, 0.15) is 34.8 Å². The van der Waals surface area contributed by atoms with Crippen molar-refractivity contribution in [1.82, 2.24) is 9.80 Å². The van der Waals surface area contributed by atoms with E-state index in [1.807, 2.05) is 36.4 Å². The number of benzene rings is 3. The maximum Gasteiger partial charge on any atom is 0.265 e. The fraction of sp³-hybridized carbons (Fsp3) is 0.300. The Balaban J connectivity index is 1.38. The number of ether oxygens (including phenoxy) is 1. The first-order valence-corrected chi connectivity index (χ1v) is 13.9. The molecule has 2 aliphatic rings. The molecule has 2 aliphatic heterocycles. The molecule has 0 aromatic heterocycles. The Kier molecular flexibility index (Phi) is 8.30. The Morgan fingerprint density at radius 1 is 0.975 bits per heavy atom. The van der Waals surface area contributed by atoms with Crippen molar-refractivity contribution in [2.24, 2.45) is 5.73 Å². The lowest BCUT2D eigenvalue weighted by atomic mass is 9.98. The van der Waals surface area contributed by atoms with E-state index in [0.717, 1.165) is 42.6 Å². The van der Waals surface area contributed by atoms with Gasteiger partial charge in [0.2, 0.25) is 11.8 Å². The molecule has 0 bridgehead atoms. The number of nitrogens with zero attached hydrogens (tertiary/aromatic N) is 3. The van der Waals surface area contributed by atoms with E-state index < -0.39 is 5.91 Å². The van der Waals surface area contributed by atoms with E-state index in [0.29, 0.717) is 28.6 Å². The van der Waals surface area contributed by atoms with E-state index in [2.05, 4.69) is 4.90 Å². The number of likely N-dealkylation sites (N-methyl/N-ethyl adjacent to an activating group) is 1. The largest absolute Gasteiger partial charge is 0.482 e. The van der Waals surface area contributed by atoms with Gasteiger partial charge >= 0.3 is 0 Å². The van der Waals surface area contributed by atoms with Crippen LogP contribution in [0, 0.1) is 0 Å². The molecule has 2 N–H and O–H groups in total. The number of amides is 3. The minimum atomic E-state index is -0.464. The SMILES string of the molecule is CN(C(=O)CN1C(=O)COc2cc(Cl)c(Cl)cc21)[C@@H](CN1CCCC1)c1ccc(-c2ccc(C(N)=O)cc2)cc1. The van der Waals surface area contributed by atoms with Gasteiger partial charge in [0.05, 0.1) is 21.8 Å². The van der Waals surface area contributed by atoms with Crippen molar-refractivity contribution in [2.75, 3.05) is 44.7 Å². The summed E-state index contributed by atoms with van der Waals surface area (Å²) in [4.78, 5) is 43.3. The van der Waals surface area contributed by atoms with Crippen molar-refractivity contribution < 1.29 is 19.1 Å². The Morgan fingerprint density at radius 3 is 2.20 bits per heavy atom. The monoisotopic (exact) mass is 580 g/mol. The predicted octanol–water partition coefficient (Wildman–Crippen LogP) is 4.78. The molecule has 2 heterocycles. The van der Waals surface area contributed by atoms with Gasteiger partial charge in [-0.15, -0.1) is 0 Å². The first-order chi connectivity index (χ1) is 19.2. The number of rotatable bonds is 8. The number of anilines is 1. The lowest BCUT2D eigenvalue weighted by molar-refractivity contribution is -0.133. The van der Waals surface area contributed by atoms with E-state index in [4.69, 9.17) is 33.7 Å². The molecule has 208 valence electrons. The Morgan fingerprint density at radius 2 is 1.57 bits per heavy atom. The van der Waals surface area contributed by atoms with Crippen LogP contribution in [0.15, 0.2) is 60.7 Å². The molecule has 0 aliphatic carbocycles. The standard InChI is InChI=1S/C30H30Cl2N4O4/c1-34(28(37)17-36-25-14-23(31)24(32)15-27(25)40-18-29(36)38)26(16-35-12-2-3-13-35)21-8-4-19(5-9-21)20-6-10-22(11-7-20)30(33)39/h4-11,14-15,26H,2-3,12-13,16-18H2,1H3,(H2,33,39)/t26-/m0/s1. The zero-order valence-electron chi connectivity index (χ0n) is 22.1. The van der Waals surface area contributed by atoms with Gasteiger partial charge in [-0.3, -0.25) is 19.3 Å². The van der Waals surface area contributed by atoms with Crippen LogP contribution >= 0.6 is 23.2 Å². The van der Waals surface area contributed by atoms with Gasteiger partial charge < -0.3 is 20.3 Å². The summed E-state index contributed by atoms with van der Waals surface area (Å²) in [5.41, 5.74) is 9.18. The molecule has 0 radical (unpaired) electrons. The molecular formula is C30H30Cl2N4O4. The molecule has 3 aromatic rings. The summed E-state index contributed by atoms with van der Waals surface area (Å²) in [5.74, 6) is -0.580. The number of likely N-dealkylation sites (tertiary alicyclic amines) is 1. The molecule has 3 aromatic carbocycles. The number of carbonyl (C=O) groups excluding carboxylic acids is 3. The molecule has 5 rings (SSSR count). The molecule has 1 atom stereocenters. The minimum Gasteiger partial charge on any atom is -0.482 e. The van der Waals surface area contributed by atoms with Gasteiger partial charge in [-0.25, -0.2) is 0 Å². The van der Waals surface area contributed by atoms with Crippen molar-refractivity contribution in [1.29, 1.82) is 0 Å². The highest BCUT2D eigenvalue weighted by Crippen LogP contribution is 2.39. The molecule has 8 nitrogen and oxygen atoms in total. The highest BCUT2D eigenvalue weighted by molar-refractivity contribution is 6.42. The summed E-state index contributed by atoms with van der Waals surface area (Å²) in [6.07, 6.45) is 2.26. The number of halogens is 2. The fourth-order valence-electron chi connectivity index (χ4n) is 5.18. The van der Waals surface area contributed by atoms with E-state index in [-0.39, 0.29) is 36.0 Å². The number of primary amides is 1. The fourth-order valence-corrected chi connectivity index (χ4v) is 5.49. The molecule has 3 amide bonds. The Labute approximate surface area is 243 Å². The summed E-state index contributed by atoms with van der Waals surface area (Å²) in [6, 6.07) is 18.1. The highest BCUT2D eigenvalue weighted by atomic mass is 35.5. The van der Waals surface area contributed by atoms with Gasteiger partial charge in [-0.05, 0) is 60.8 Å². The number of fused-ring (bicyclic) bond motifs is 1. The third kappa shape index (κ3) is 5.94.